The lowest BCUT2D eigenvalue weighted by atomic mass is 10.2. The zero-order valence-corrected chi connectivity index (χ0v) is 15.2. The number of hydrogen-bond donors (Lipinski definition) is 0. The first-order valence-electron chi connectivity index (χ1n) is 8.89. The van der Waals surface area contributed by atoms with Gasteiger partial charge in [-0.3, -0.25) is 18.8 Å². The molecule has 2 aliphatic heterocycles. The molecule has 1 atom stereocenters. The number of aromatic nitrogens is 2. The number of rotatable bonds is 3. The summed E-state index contributed by atoms with van der Waals surface area (Å²) in [6.45, 7) is 9.05. The second-order valence-electron chi connectivity index (χ2n) is 6.87. The molecule has 8 heteroatoms. The van der Waals surface area contributed by atoms with E-state index in [1.54, 1.807) is 7.05 Å². The lowest BCUT2D eigenvalue weighted by Crippen LogP contribution is -2.51. The first kappa shape index (κ1) is 17.7. The molecule has 0 bridgehead atoms. The van der Waals surface area contributed by atoms with Gasteiger partial charge in [-0.2, -0.15) is 5.26 Å². The molecule has 0 radical (unpaired) electrons. The Morgan fingerprint density at radius 3 is 2.36 bits per heavy atom. The van der Waals surface area contributed by atoms with Gasteiger partial charge in [0.05, 0.1) is 0 Å². The van der Waals surface area contributed by atoms with E-state index < -0.39 is 5.56 Å². The van der Waals surface area contributed by atoms with Crippen LogP contribution in [0.3, 0.4) is 0 Å². The molecule has 2 fully saturated rings. The smallest absolute Gasteiger partial charge is 0.332 e. The highest BCUT2D eigenvalue weighted by Gasteiger charge is 2.32. The van der Waals surface area contributed by atoms with E-state index in [1.165, 1.54) is 11.6 Å². The van der Waals surface area contributed by atoms with E-state index in [9.17, 15) is 14.9 Å². The highest BCUT2D eigenvalue weighted by atomic mass is 16.2. The predicted octanol–water partition coefficient (Wildman–Crippen LogP) is -0.828. The molecule has 1 unspecified atom stereocenters. The molecule has 25 heavy (non-hydrogen) atoms. The lowest BCUT2D eigenvalue weighted by molar-refractivity contribution is 0.107. The van der Waals surface area contributed by atoms with Crippen molar-refractivity contribution in [2.75, 3.05) is 50.7 Å². The Hall–Kier alpha value is -2.11. The van der Waals surface area contributed by atoms with Gasteiger partial charge in [-0.05, 0) is 13.0 Å². The second kappa shape index (κ2) is 7.02. The SMILES string of the molecule is CCN1CCN(C2CCN(c3c(C#N)c(=O)n(C)c(=O)n3C)C2)CC1. The second-order valence-corrected chi connectivity index (χ2v) is 6.87. The molecular weight excluding hydrogens is 320 g/mol. The number of hydrogen-bond acceptors (Lipinski definition) is 6. The van der Waals surface area contributed by atoms with Crippen LogP contribution in [0.2, 0.25) is 0 Å². The molecule has 2 saturated heterocycles. The summed E-state index contributed by atoms with van der Waals surface area (Å²) in [6.07, 6.45) is 0.987. The third kappa shape index (κ3) is 3.10. The molecule has 0 saturated carbocycles. The summed E-state index contributed by atoms with van der Waals surface area (Å²) in [6, 6.07) is 2.41. The number of piperazine rings is 1. The molecule has 8 nitrogen and oxygen atoms in total. The van der Waals surface area contributed by atoms with Crippen LogP contribution < -0.4 is 16.1 Å². The Labute approximate surface area is 147 Å². The summed E-state index contributed by atoms with van der Waals surface area (Å²) in [5, 5.41) is 9.45. The van der Waals surface area contributed by atoms with Crippen molar-refractivity contribution in [1.82, 2.24) is 18.9 Å². The average Bonchev–Trinajstić information content (AvgIpc) is 3.12. The fourth-order valence-electron chi connectivity index (χ4n) is 3.98. The standard InChI is InChI=1S/C17H26N6O2/c1-4-21-7-9-22(10-8-21)13-5-6-23(12-13)15-14(11-18)16(24)20(3)17(25)19(15)2/h13H,4-10,12H2,1-3H3. The zero-order valence-electron chi connectivity index (χ0n) is 15.2. The molecule has 3 heterocycles. The Bertz CT molecular complexity index is 797. The van der Waals surface area contributed by atoms with E-state index in [0.29, 0.717) is 11.9 Å². The molecule has 0 N–H and O–H groups in total. The van der Waals surface area contributed by atoms with Gasteiger partial charge in [0.2, 0.25) is 0 Å². The fraction of sp³-hybridized carbons (Fsp3) is 0.706. The molecular formula is C17H26N6O2. The molecule has 0 aliphatic carbocycles. The Morgan fingerprint density at radius 2 is 1.76 bits per heavy atom. The number of likely N-dealkylation sites (N-methyl/N-ethyl adjacent to an activating group) is 1. The quantitative estimate of drug-likeness (QED) is 0.711. The molecule has 1 aromatic rings. The van der Waals surface area contributed by atoms with Gasteiger partial charge in [-0.25, -0.2) is 4.79 Å². The van der Waals surface area contributed by atoms with Crippen molar-refractivity contribution in [2.24, 2.45) is 14.1 Å². The molecule has 0 amide bonds. The minimum Gasteiger partial charge on any atom is -0.355 e. The third-order valence-electron chi connectivity index (χ3n) is 5.58. The van der Waals surface area contributed by atoms with E-state index in [-0.39, 0.29) is 11.3 Å². The minimum absolute atomic E-state index is 0.0565. The van der Waals surface area contributed by atoms with Gasteiger partial charge in [-0.1, -0.05) is 6.92 Å². The minimum atomic E-state index is -0.513. The maximum absolute atomic E-state index is 12.3. The highest BCUT2D eigenvalue weighted by Crippen LogP contribution is 2.24. The van der Waals surface area contributed by atoms with Crippen LogP contribution in [0.4, 0.5) is 5.82 Å². The number of anilines is 1. The van der Waals surface area contributed by atoms with Gasteiger partial charge in [0.15, 0.2) is 5.56 Å². The molecule has 0 spiro atoms. The maximum Gasteiger partial charge on any atom is 0.332 e. The number of nitriles is 1. The van der Waals surface area contributed by atoms with Gasteiger partial charge >= 0.3 is 5.69 Å². The van der Waals surface area contributed by atoms with Crippen LogP contribution in [0.5, 0.6) is 0 Å². The Kier molecular flexibility index (Phi) is 4.97. The average molecular weight is 346 g/mol. The van der Waals surface area contributed by atoms with E-state index in [1.807, 2.05) is 11.0 Å². The van der Waals surface area contributed by atoms with Crippen LogP contribution in [0.15, 0.2) is 9.59 Å². The van der Waals surface area contributed by atoms with Gasteiger partial charge in [-0.15, -0.1) is 0 Å². The van der Waals surface area contributed by atoms with Crippen LogP contribution in [-0.4, -0.2) is 70.8 Å². The number of nitrogens with zero attached hydrogens (tertiary/aromatic N) is 6. The van der Waals surface area contributed by atoms with Crippen molar-refractivity contribution in [3.8, 4) is 6.07 Å². The first-order valence-corrected chi connectivity index (χ1v) is 8.89. The Morgan fingerprint density at radius 1 is 1.08 bits per heavy atom. The summed E-state index contributed by atoms with van der Waals surface area (Å²) in [5.74, 6) is 0.463. The van der Waals surface area contributed by atoms with Crippen LogP contribution in [0.25, 0.3) is 0 Å². The van der Waals surface area contributed by atoms with Gasteiger partial charge in [0, 0.05) is 59.4 Å². The van der Waals surface area contributed by atoms with Crippen molar-refractivity contribution in [1.29, 1.82) is 5.26 Å². The van der Waals surface area contributed by atoms with Gasteiger partial charge < -0.3 is 9.80 Å². The van der Waals surface area contributed by atoms with Crippen molar-refractivity contribution in [3.63, 3.8) is 0 Å². The highest BCUT2D eigenvalue weighted by molar-refractivity contribution is 5.54. The first-order chi connectivity index (χ1) is 12.0. The van der Waals surface area contributed by atoms with Crippen LogP contribution in [0.1, 0.15) is 18.9 Å². The Balaban J connectivity index is 1.83. The van der Waals surface area contributed by atoms with E-state index in [2.05, 4.69) is 16.7 Å². The predicted molar refractivity (Wildman–Crippen MR) is 95.9 cm³/mol. The molecule has 1 aromatic heterocycles. The van der Waals surface area contributed by atoms with Crippen molar-refractivity contribution in [3.05, 3.63) is 26.4 Å². The van der Waals surface area contributed by atoms with Crippen LogP contribution in [0, 0.1) is 11.3 Å². The summed E-state index contributed by atoms with van der Waals surface area (Å²) in [4.78, 5) is 31.5. The van der Waals surface area contributed by atoms with Gasteiger partial charge in [0.25, 0.3) is 5.56 Å². The fourth-order valence-corrected chi connectivity index (χ4v) is 3.98. The van der Waals surface area contributed by atoms with E-state index >= 15 is 0 Å². The summed E-state index contributed by atoms with van der Waals surface area (Å²) >= 11 is 0. The van der Waals surface area contributed by atoms with Gasteiger partial charge in [0.1, 0.15) is 11.9 Å². The van der Waals surface area contributed by atoms with Crippen molar-refractivity contribution in [2.45, 2.75) is 19.4 Å². The van der Waals surface area contributed by atoms with Crippen molar-refractivity contribution >= 4 is 5.82 Å². The van der Waals surface area contributed by atoms with Crippen LogP contribution in [-0.2, 0) is 14.1 Å². The maximum atomic E-state index is 12.3. The zero-order chi connectivity index (χ0) is 18.1. The summed E-state index contributed by atoms with van der Waals surface area (Å²) in [7, 11) is 3.04. The molecule has 3 rings (SSSR count). The van der Waals surface area contributed by atoms with Crippen molar-refractivity contribution < 1.29 is 0 Å². The molecule has 136 valence electrons. The van der Waals surface area contributed by atoms with E-state index in [0.717, 1.165) is 56.8 Å². The van der Waals surface area contributed by atoms with Crippen LogP contribution >= 0.6 is 0 Å². The normalized spacial score (nSPS) is 22.3. The lowest BCUT2D eigenvalue weighted by Gasteiger charge is -2.37. The summed E-state index contributed by atoms with van der Waals surface area (Å²) in [5.41, 5.74) is -0.847. The molecule has 0 aromatic carbocycles. The monoisotopic (exact) mass is 346 g/mol. The third-order valence-corrected chi connectivity index (χ3v) is 5.58. The largest absolute Gasteiger partial charge is 0.355 e. The van der Waals surface area contributed by atoms with E-state index in [4.69, 9.17) is 0 Å². The topological polar surface area (TPSA) is 77.5 Å². The molecule has 2 aliphatic rings. The summed E-state index contributed by atoms with van der Waals surface area (Å²) < 4.78 is 2.43.